The van der Waals surface area contributed by atoms with Crippen molar-refractivity contribution in [1.82, 2.24) is 0 Å². The molecule has 0 spiro atoms. The maximum absolute atomic E-state index is 3.67. The minimum Gasteiger partial charge on any atom is -0.273 e. The van der Waals surface area contributed by atoms with Crippen LogP contribution in [0.5, 0.6) is 0 Å². The van der Waals surface area contributed by atoms with Crippen molar-refractivity contribution >= 4 is 6.72 Å². The largest absolute Gasteiger partial charge is 0.273 e. The van der Waals surface area contributed by atoms with Crippen molar-refractivity contribution in [3.63, 3.8) is 0 Å². The molecular weight excluding hydrogens is 146 g/mol. The highest BCUT2D eigenvalue weighted by molar-refractivity contribution is 5.26. The second-order valence-electron chi connectivity index (χ2n) is 3.26. The molecule has 0 unspecified atom stereocenters. The van der Waals surface area contributed by atoms with Crippen LogP contribution in [0.4, 0.5) is 0 Å². The van der Waals surface area contributed by atoms with Crippen LogP contribution in [-0.2, 0) is 0 Å². The maximum Gasteiger partial charge on any atom is 0.0260 e. The molecule has 0 radical (unpaired) electrons. The molecule has 0 aliphatic heterocycles. The van der Waals surface area contributed by atoms with E-state index in [-0.39, 0.29) is 0 Å². The van der Waals surface area contributed by atoms with Crippen molar-refractivity contribution in [3.8, 4) is 0 Å². The van der Waals surface area contributed by atoms with E-state index in [0.717, 1.165) is 0 Å². The Balaban J connectivity index is 2.41. The number of allylic oxidation sites excluding steroid dienone is 3. The summed E-state index contributed by atoms with van der Waals surface area (Å²) in [5, 5.41) is 0. The zero-order valence-corrected chi connectivity index (χ0v) is 7.63. The molecule has 0 aromatic carbocycles. The van der Waals surface area contributed by atoms with Crippen molar-refractivity contribution in [1.29, 1.82) is 0 Å². The van der Waals surface area contributed by atoms with Crippen LogP contribution < -0.4 is 0 Å². The van der Waals surface area contributed by atoms with Gasteiger partial charge in [0.2, 0.25) is 0 Å². The standard InChI is InChI=1S/C11H17N/c1-12-10-6-9-11-7-4-2-3-5-8-11/h6,9-10H,1-5,7-8H2/b10-6-. The summed E-state index contributed by atoms with van der Waals surface area (Å²) in [5.74, 6) is 0. The van der Waals surface area contributed by atoms with Gasteiger partial charge in [0.1, 0.15) is 0 Å². The van der Waals surface area contributed by atoms with E-state index in [1.54, 1.807) is 11.8 Å². The summed E-state index contributed by atoms with van der Waals surface area (Å²) in [4.78, 5) is 3.67. The quantitative estimate of drug-likeness (QED) is 0.436. The highest BCUT2D eigenvalue weighted by Crippen LogP contribution is 2.21. The van der Waals surface area contributed by atoms with Gasteiger partial charge in [0, 0.05) is 6.20 Å². The van der Waals surface area contributed by atoms with E-state index in [0.29, 0.717) is 0 Å². The molecule has 0 N–H and O–H groups in total. The van der Waals surface area contributed by atoms with Gasteiger partial charge in [-0.15, -0.1) is 0 Å². The van der Waals surface area contributed by atoms with Crippen LogP contribution in [0, 0.1) is 0 Å². The predicted molar refractivity (Wildman–Crippen MR) is 54.5 cm³/mol. The van der Waals surface area contributed by atoms with Crippen molar-refractivity contribution in [2.75, 3.05) is 0 Å². The molecule has 0 atom stereocenters. The summed E-state index contributed by atoms with van der Waals surface area (Å²) < 4.78 is 0. The van der Waals surface area contributed by atoms with Gasteiger partial charge < -0.3 is 0 Å². The minimum absolute atomic E-state index is 1.28. The lowest BCUT2D eigenvalue weighted by Crippen LogP contribution is -1.78. The Morgan fingerprint density at radius 1 is 1.08 bits per heavy atom. The van der Waals surface area contributed by atoms with E-state index < -0.39 is 0 Å². The van der Waals surface area contributed by atoms with E-state index in [2.05, 4.69) is 17.8 Å². The van der Waals surface area contributed by atoms with Gasteiger partial charge in [-0.3, -0.25) is 4.99 Å². The average molecular weight is 163 g/mol. The molecule has 0 bridgehead atoms. The third kappa shape index (κ3) is 3.51. The third-order valence-corrected chi connectivity index (χ3v) is 2.27. The summed E-state index contributed by atoms with van der Waals surface area (Å²) in [6.07, 6.45) is 14.0. The summed E-state index contributed by atoms with van der Waals surface area (Å²) in [6, 6.07) is 0. The molecule has 1 rings (SSSR count). The highest BCUT2D eigenvalue weighted by Gasteiger charge is 2.02. The lowest BCUT2D eigenvalue weighted by atomic mass is 10.1. The third-order valence-electron chi connectivity index (χ3n) is 2.27. The Morgan fingerprint density at radius 3 is 2.33 bits per heavy atom. The Bertz CT molecular complexity index is 179. The fourth-order valence-corrected chi connectivity index (χ4v) is 1.59. The molecule has 0 heterocycles. The van der Waals surface area contributed by atoms with Gasteiger partial charge in [0.15, 0.2) is 0 Å². The first kappa shape index (κ1) is 9.24. The van der Waals surface area contributed by atoms with Crippen molar-refractivity contribution in [2.24, 2.45) is 4.99 Å². The summed E-state index contributed by atoms with van der Waals surface area (Å²) in [7, 11) is 0. The molecule has 12 heavy (non-hydrogen) atoms. The van der Waals surface area contributed by atoms with Crippen LogP contribution in [0.25, 0.3) is 0 Å². The van der Waals surface area contributed by atoms with Crippen molar-refractivity contribution in [3.05, 3.63) is 23.9 Å². The van der Waals surface area contributed by atoms with Gasteiger partial charge in [-0.05, 0) is 38.5 Å². The van der Waals surface area contributed by atoms with E-state index in [1.807, 2.05) is 6.08 Å². The predicted octanol–water partition coefficient (Wildman–Crippen LogP) is 3.48. The van der Waals surface area contributed by atoms with E-state index in [9.17, 15) is 0 Å². The van der Waals surface area contributed by atoms with Crippen molar-refractivity contribution in [2.45, 2.75) is 38.5 Å². The number of aliphatic imine (C=N–C) groups is 1. The number of rotatable bonds is 2. The lowest BCUT2D eigenvalue weighted by Gasteiger charge is -1.98. The lowest BCUT2D eigenvalue weighted by molar-refractivity contribution is 0.702. The van der Waals surface area contributed by atoms with Crippen LogP contribution in [0.1, 0.15) is 38.5 Å². The molecule has 1 heteroatoms. The first-order valence-electron chi connectivity index (χ1n) is 4.74. The molecule has 0 saturated heterocycles. The Kier molecular flexibility index (Phi) is 4.43. The first-order chi connectivity index (χ1) is 5.93. The Labute approximate surface area is 74.9 Å². The monoisotopic (exact) mass is 163 g/mol. The molecule has 1 saturated carbocycles. The molecule has 0 amide bonds. The summed E-state index contributed by atoms with van der Waals surface area (Å²) >= 11 is 0. The maximum atomic E-state index is 3.67. The zero-order chi connectivity index (χ0) is 8.65. The Morgan fingerprint density at radius 2 is 1.75 bits per heavy atom. The van der Waals surface area contributed by atoms with Gasteiger partial charge in [0.05, 0.1) is 0 Å². The minimum atomic E-state index is 1.28. The molecular formula is C11H17N. The van der Waals surface area contributed by atoms with Gasteiger partial charge >= 0.3 is 0 Å². The van der Waals surface area contributed by atoms with E-state index in [4.69, 9.17) is 0 Å². The average Bonchev–Trinajstić information content (AvgIpc) is 2.33. The van der Waals surface area contributed by atoms with Gasteiger partial charge in [-0.2, -0.15) is 0 Å². The van der Waals surface area contributed by atoms with Crippen LogP contribution in [0.15, 0.2) is 28.9 Å². The first-order valence-corrected chi connectivity index (χ1v) is 4.74. The second-order valence-corrected chi connectivity index (χ2v) is 3.26. The molecule has 1 aliphatic carbocycles. The number of hydrogen-bond acceptors (Lipinski definition) is 1. The van der Waals surface area contributed by atoms with Crippen LogP contribution in [-0.4, -0.2) is 6.72 Å². The Hall–Kier alpha value is -0.850. The van der Waals surface area contributed by atoms with Gasteiger partial charge in [-0.25, -0.2) is 0 Å². The number of nitrogens with zero attached hydrogens (tertiary/aromatic N) is 1. The fraction of sp³-hybridized carbons (Fsp3) is 0.545. The molecule has 66 valence electrons. The molecule has 1 nitrogen and oxygen atoms in total. The van der Waals surface area contributed by atoms with Gasteiger partial charge in [0.25, 0.3) is 0 Å². The molecule has 0 aromatic heterocycles. The normalized spacial score (nSPS) is 19.2. The van der Waals surface area contributed by atoms with E-state index in [1.165, 1.54) is 38.5 Å². The molecule has 1 fully saturated rings. The highest BCUT2D eigenvalue weighted by atomic mass is 14.6. The van der Waals surface area contributed by atoms with Crippen LogP contribution >= 0.6 is 0 Å². The van der Waals surface area contributed by atoms with Crippen LogP contribution in [0.3, 0.4) is 0 Å². The zero-order valence-electron chi connectivity index (χ0n) is 7.63. The fourth-order valence-electron chi connectivity index (χ4n) is 1.59. The molecule has 0 aromatic rings. The van der Waals surface area contributed by atoms with Crippen LogP contribution in [0.2, 0.25) is 0 Å². The van der Waals surface area contributed by atoms with Crippen molar-refractivity contribution < 1.29 is 0 Å². The van der Waals surface area contributed by atoms with E-state index >= 15 is 0 Å². The summed E-state index contributed by atoms with van der Waals surface area (Å²) in [6.45, 7) is 3.40. The topological polar surface area (TPSA) is 12.4 Å². The SMILES string of the molecule is C=N/C=C\C=C1CCCCCC1. The molecule has 1 aliphatic rings. The summed E-state index contributed by atoms with van der Waals surface area (Å²) in [5.41, 5.74) is 1.58. The van der Waals surface area contributed by atoms with Gasteiger partial charge in [-0.1, -0.05) is 24.5 Å². The number of hydrogen-bond donors (Lipinski definition) is 0. The second kappa shape index (κ2) is 5.76. The smallest absolute Gasteiger partial charge is 0.0260 e.